The highest BCUT2D eigenvalue weighted by atomic mass is 16.5. The summed E-state index contributed by atoms with van der Waals surface area (Å²) in [7, 11) is 0. The number of phenols is 1. The van der Waals surface area contributed by atoms with Crippen molar-refractivity contribution in [2.45, 2.75) is 129 Å². The smallest absolute Gasteiger partial charge is 0.487 e. The predicted molar refractivity (Wildman–Crippen MR) is 138 cm³/mol. The number of aromatic hydroxyl groups is 1. The Bertz CT molecular complexity index is 1400. The van der Waals surface area contributed by atoms with E-state index in [2.05, 4.69) is 46.4 Å². The van der Waals surface area contributed by atoms with Gasteiger partial charge in [-0.25, -0.2) is 0 Å². The summed E-state index contributed by atoms with van der Waals surface area (Å²) < 4.78 is 60.7. The highest BCUT2D eigenvalue weighted by molar-refractivity contribution is 5.91. The normalized spacial score (nSPS) is 51.1. The lowest BCUT2D eigenvalue weighted by molar-refractivity contribution is -0.267. The lowest BCUT2D eigenvalue weighted by Gasteiger charge is -2.72. The van der Waals surface area contributed by atoms with E-state index in [1.807, 2.05) is 27.7 Å². The largest absolute Gasteiger partial charge is 0.504 e. The monoisotopic (exact) mass is 488 g/mol. The molecule has 1 saturated heterocycles. The Hall–Kier alpha value is -1.59. The van der Waals surface area contributed by atoms with Crippen LogP contribution in [0, 0.1) is 30.6 Å². The van der Waals surface area contributed by atoms with Crippen molar-refractivity contribution in [3.05, 3.63) is 22.3 Å². The molecule has 35 heavy (non-hydrogen) atoms. The molecule has 2 heterocycles. The van der Waals surface area contributed by atoms with E-state index in [9.17, 15) is 6.17 Å². The highest BCUT2D eigenvalue weighted by Gasteiger charge is 2.86. The lowest BCUT2D eigenvalue weighted by Crippen LogP contribution is -2.87. The van der Waals surface area contributed by atoms with Gasteiger partial charge < -0.3 is 15.0 Å². The topological polar surface area (TPSA) is 72.7 Å². The quantitative estimate of drug-likeness (QED) is 0.626. The van der Waals surface area contributed by atoms with Crippen molar-refractivity contribution in [1.82, 2.24) is 4.90 Å². The van der Waals surface area contributed by atoms with Gasteiger partial charge in [0.15, 0.2) is 29.0 Å². The Morgan fingerprint density at radius 3 is 2.46 bits per heavy atom. The lowest BCUT2D eigenvalue weighted by atomic mass is 9.36. The first-order valence-corrected chi connectivity index (χ1v) is 13.2. The van der Waals surface area contributed by atoms with Crippen molar-refractivity contribution >= 4 is 5.78 Å². The molecule has 5 aliphatic rings. The third kappa shape index (κ3) is 2.17. The number of carbonyl (C=O) groups excluding carboxylic acids is 1. The van der Waals surface area contributed by atoms with Crippen LogP contribution in [-0.4, -0.2) is 55.0 Å². The van der Waals surface area contributed by atoms with Gasteiger partial charge >= 0.3 is 2.86 Å². The zero-order valence-corrected chi connectivity index (χ0v) is 22.8. The molecular weight excluding hydrogens is 438 g/mol. The SMILES string of the molecule is [2H]Oc1c(C)c(C)c2c3c1O[C@@]1([2H])C(=O)C([2H])([2H])C[C@@]4([O+]([2H])[2H])[C@H](N(C(C)C5(C)CC5C)C(C)C(C)(C)[C@]314)C2(C)C. The summed E-state index contributed by atoms with van der Waals surface area (Å²) in [6, 6.07) is -0.880. The summed E-state index contributed by atoms with van der Waals surface area (Å²) in [5.74, 6) is -0.342. The summed E-state index contributed by atoms with van der Waals surface area (Å²) in [5, 5.41) is 6.89. The standard InChI is InChI=1S/C30H43NO4/c1-14-13-28(14,10)18(5)31-17(4)27(8,9)30-21-20-15(2)16(3)22(33)23(21)35-24(30)19(32)11-12-29(30,34)25(31)26(20,6)7/h14,17-18,24-25,33-34H,11-13H2,1-10H3/p+1/t14?,17?,18?,24-,25+,28?,29+,30-/m0/s1/i11D2,24D,34D/hD2. The fraction of sp³-hybridized carbons (Fsp3) is 0.767. The van der Waals surface area contributed by atoms with E-state index in [0.717, 1.165) is 17.5 Å². The van der Waals surface area contributed by atoms with Crippen molar-refractivity contribution in [3.63, 3.8) is 0 Å². The summed E-state index contributed by atoms with van der Waals surface area (Å²) >= 11 is 0. The Balaban J connectivity index is 1.88. The molecule has 0 radical (unpaired) electrons. The third-order valence-electron chi connectivity index (χ3n) is 11.9. The van der Waals surface area contributed by atoms with E-state index in [0.29, 0.717) is 17.0 Å². The second kappa shape index (κ2) is 6.27. The average molecular weight is 489 g/mol. The molecule has 6 rings (SSSR count). The van der Waals surface area contributed by atoms with Gasteiger partial charge in [0.1, 0.15) is 5.41 Å². The molecule has 1 aromatic carbocycles. The predicted octanol–water partition coefficient (Wildman–Crippen LogP) is 4.66. The maximum absolute atomic E-state index is 14.3. The third-order valence-corrected chi connectivity index (χ3v) is 11.9. The number of hydrogen-bond donors (Lipinski definition) is 1. The van der Waals surface area contributed by atoms with Crippen molar-refractivity contribution in [3.8, 4) is 11.5 Å². The first-order chi connectivity index (χ1) is 18.6. The van der Waals surface area contributed by atoms with E-state index in [4.69, 9.17) is 16.9 Å². The van der Waals surface area contributed by atoms with Gasteiger partial charge in [-0.15, -0.1) is 0 Å². The fourth-order valence-electron chi connectivity index (χ4n) is 9.33. The number of ketones is 1. The van der Waals surface area contributed by atoms with Gasteiger partial charge in [0.2, 0.25) is 0 Å². The average Bonchev–Trinajstić information content (AvgIpc) is 3.37. The number of rotatable bonds is 4. The molecule has 5 heteroatoms. The molecule has 2 saturated carbocycles. The van der Waals surface area contributed by atoms with Gasteiger partial charge in [0.25, 0.3) is 1.43 Å². The van der Waals surface area contributed by atoms with Crippen molar-refractivity contribution in [1.29, 1.82) is 4.29 Å². The van der Waals surface area contributed by atoms with Crippen LogP contribution in [0.5, 0.6) is 11.5 Å². The van der Waals surface area contributed by atoms with Gasteiger partial charge in [-0.05, 0) is 62.1 Å². The second-order valence-corrected chi connectivity index (χ2v) is 13.7. The van der Waals surface area contributed by atoms with E-state index >= 15 is 0 Å². The number of carbonyl (C=O) groups is 1. The van der Waals surface area contributed by atoms with Crippen LogP contribution in [0.4, 0.5) is 0 Å². The zero-order valence-electron chi connectivity index (χ0n) is 28.8. The Kier molecular flexibility index (Phi) is 3.19. The number of piperidine rings is 1. The molecule has 4 unspecified atom stereocenters. The Morgan fingerprint density at radius 1 is 1.23 bits per heavy atom. The minimum Gasteiger partial charge on any atom is -0.504 e. The van der Waals surface area contributed by atoms with Crippen LogP contribution in [0.3, 0.4) is 0 Å². The van der Waals surface area contributed by atoms with Crippen LogP contribution in [0.2, 0.25) is 0 Å². The number of Topliss-reactive ketones (excluding diaryl/α,β-unsaturated/α-hetero) is 1. The van der Waals surface area contributed by atoms with E-state index in [-0.39, 0.29) is 29.0 Å². The summed E-state index contributed by atoms with van der Waals surface area (Å²) in [6.07, 6.45) is -4.48. The number of nitrogens with zero attached hydrogens (tertiary/aromatic N) is 1. The molecule has 192 valence electrons. The number of hydrogen-bond acceptors (Lipinski definition) is 4. The number of benzene rings is 1. The molecule has 1 aromatic rings. The molecule has 0 aromatic heterocycles. The van der Waals surface area contributed by atoms with E-state index in [1.54, 1.807) is 5.11 Å². The van der Waals surface area contributed by atoms with Gasteiger partial charge in [0.05, 0.1) is 7.41 Å². The first-order valence-electron chi connectivity index (χ1n) is 15.9. The number of ether oxygens (including phenoxy) is 1. The molecule has 8 atom stereocenters. The minimum atomic E-state index is -2.55. The summed E-state index contributed by atoms with van der Waals surface area (Å²) in [5.41, 5.74) is -2.24. The maximum Gasteiger partial charge on any atom is 0.487 e. The molecule has 1 spiro atoms. The van der Waals surface area contributed by atoms with Crippen LogP contribution < -0.4 is 4.74 Å². The molecule has 0 amide bonds. The van der Waals surface area contributed by atoms with Crippen LogP contribution in [0.1, 0.15) is 101 Å². The van der Waals surface area contributed by atoms with E-state index in [1.165, 1.54) is 0 Å². The Morgan fingerprint density at radius 2 is 1.89 bits per heavy atom. The molecule has 2 bridgehead atoms. The van der Waals surface area contributed by atoms with Gasteiger partial charge in [-0.1, -0.05) is 41.5 Å². The Labute approximate surface area is 218 Å². The fourth-order valence-corrected chi connectivity index (χ4v) is 9.33. The number of likely N-dealkylation sites (tertiary alicyclic amines) is 1. The van der Waals surface area contributed by atoms with Gasteiger partial charge in [-0.2, -0.15) is 0 Å². The highest BCUT2D eigenvalue weighted by Crippen LogP contribution is 2.75. The van der Waals surface area contributed by atoms with Crippen LogP contribution in [0.15, 0.2) is 0 Å². The molecule has 3 aliphatic carbocycles. The van der Waals surface area contributed by atoms with Gasteiger partial charge in [0, 0.05) is 44.0 Å². The maximum atomic E-state index is 14.3. The minimum absolute atomic E-state index is 0.00930. The number of phenolic OH excluding ortho intramolecular Hbond substituents is 1. The zero-order chi connectivity index (χ0) is 30.8. The van der Waals surface area contributed by atoms with Crippen LogP contribution in [0.25, 0.3) is 0 Å². The summed E-state index contributed by atoms with van der Waals surface area (Å²) in [4.78, 5) is 16.7. The second-order valence-electron chi connectivity index (χ2n) is 13.7. The summed E-state index contributed by atoms with van der Waals surface area (Å²) in [6.45, 7) is 20.8. The molecule has 5 nitrogen and oxygen atoms in total. The van der Waals surface area contributed by atoms with Crippen molar-refractivity contribution in [2.75, 3.05) is 0 Å². The first kappa shape index (κ1) is 17.8. The van der Waals surface area contributed by atoms with Crippen molar-refractivity contribution in [2.24, 2.45) is 16.7 Å². The van der Waals surface area contributed by atoms with Crippen molar-refractivity contribution < 1.29 is 23.9 Å². The molecule has 3 fully saturated rings. The van der Waals surface area contributed by atoms with Gasteiger partial charge in [-0.3, -0.25) is 9.69 Å². The molecule has 2 aliphatic heterocycles. The van der Waals surface area contributed by atoms with E-state index < -0.39 is 52.5 Å². The van der Waals surface area contributed by atoms with Crippen LogP contribution >= 0.6 is 0 Å². The molecule has 3 N–H and O–H groups in total. The molecular formula is C30H44NO4+. The van der Waals surface area contributed by atoms with Crippen LogP contribution in [-0.2, 0) is 15.6 Å².